The number of anilines is 2. The van der Waals surface area contributed by atoms with Gasteiger partial charge >= 0.3 is 10.4 Å². The van der Waals surface area contributed by atoms with Gasteiger partial charge in [0, 0.05) is 39.5 Å². The van der Waals surface area contributed by atoms with Gasteiger partial charge in [-0.15, -0.1) is 0 Å². The molecule has 0 aliphatic heterocycles. The largest absolute Gasteiger partial charge is 0.394 e. The van der Waals surface area contributed by atoms with Gasteiger partial charge in [0.15, 0.2) is 5.96 Å². The second kappa shape index (κ2) is 12.9. The summed E-state index contributed by atoms with van der Waals surface area (Å²) in [5.41, 5.74) is 17.1. The lowest BCUT2D eigenvalue weighted by molar-refractivity contribution is -0.114. The molecular weight excluding hydrogens is 500 g/mol. The van der Waals surface area contributed by atoms with Gasteiger partial charge in [0.25, 0.3) is 11.8 Å². The molecule has 2 rings (SSSR count). The van der Waals surface area contributed by atoms with E-state index in [1.807, 2.05) is 0 Å². The number of nitrogens with zero attached hydrogens (tertiary/aromatic N) is 3. The standard InChI is InChI=1S/C18H26N10O3.H2O4S/c1-27-9-11(6-12(27)16(30)23-4-3-14(19)20)26-17(31)13-5-10(8-28(13)2)25-15(29)7-24-18(21)22;1-5(2,3)4/h5-6,8-9H,3-4,7H2,1-2H3,(H3,19,20)(H,23,30)(H,25,29)(H,26,31)(H4,21,22,24);(H2,1,2,3,4). The molecule has 2 aromatic rings. The monoisotopic (exact) mass is 528 g/mol. The average molecular weight is 529 g/mol. The topological polar surface area (TPSA) is 286 Å². The zero-order chi connectivity index (χ0) is 27.6. The first-order valence-corrected chi connectivity index (χ1v) is 11.3. The van der Waals surface area contributed by atoms with E-state index < -0.39 is 22.2 Å². The number of carbonyl (C=O) groups is 3. The van der Waals surface area contributed by atoms with Crippen LogP contribution in [0.5, 0.6) is 0 Å². The maximum atomic E-state index is 12.6. The SMILES string of the molecule is Cn1cc(NC(=O)c2cc(NC(=O)CN=C(N)N)cn2C)cc1C(=O)NCCC(=N)N.O=S(=O)(O)O. The molecule has 3 amide bonds. The van der Waals surface area contributed by atoms with Crippen LogP contribution in [0.3, 0.4) is 0 Å². The quantitative estimate of drug-likeness (QED) is 0.100. The molecule has 36 heavy (non-hydrogen) atoms. The summed E-state index contributed by atoms with van der Waals surface area (Å²) in [5, 5.41) is 15.1. The van der Waals surface area contributed by atoms with Crippen LogP contribution in [-0.2, 0) is 29.3 Å². The van der Waals surface area contributed by atoms with Gasteiger partial charge in [0.05, 0.1) is 17.2 Å². The predicted molar refractivity (Wildman–Crippen MR) is 131 cm³/mol. The van der Waals surface area contributed by atoms with Crippen LogP contribution in [0.2, 0.25) is 0 Å². The van der Waals surface area contributed by atoms with Crippen LogP contribution in [0.25, 0.3) is 0 Å². The van der Waals surface area contributed by atoms with Crippen LogP contribution in [0.1, 0.15) is 27.4 Å². The Morgan fingerprint density at radius 3 is 1.92 bits per heavy atom. The van der Waals surface area contributed by atoms with Crippen LogP contribution in [0.15, 0.2) is 29.5 Å². The van der Waals surface area contributed by atoms with Crippen molar-refractivity contribution in [2.75, 3.05) is 23.7 Å². The van der Waals surface area contributed by atoms with Gasteiger partial charge in [0.1, 0.15) is 17.9 Å². The Bertz CT molecular complexity index is 1250. The molecule has 12 N–H and O–H groups in total. The lowest BCUT2D eigenvalue weighted by Crippen LogP contribution is -2.28. The highest BCUT2D eigenvalue weighted by Gasteiger charge is 2.17. The minimum atomic E-state index is -4.67. The van der Waals surface area contributed by atoms with Crippen molar-refractivity contribution >= 4 is 51.3 Å². The Labute approximate surface area is 205 Å². The van der Waals surface area contributed by atoms with E-state index >= 15 is 0 Å². The van der Waals surface area contributed by atoms with E-state index in [9.17, 15) is 14.4 Å². The Morgan fingerprint density at radius 1 is 0.972 bits per heavy atom. The number of hydrogen-bond acceptors (Lipinski definition) is 7. The molecule has 0 unspecified atom stereocenters. The van der Waals surface area contributed by atoms with Gasteiger partial charge in [-0.05, 0) is 12.1 Å². The summed E-state index contributed by atoms with van der Waals surface area (Å²) in [6.45, 7) is 0.00208. The third-order valence-electron chi connectivity index (χ3n) is 4.10. The maximum absolute atomic E-state index is 12.6. The molecule has 18 heteroatoms. The van der Waals surface area contributed by atoms with Crippen molar-refractivity contribution in [1.29, 1.82) is 5.41 Å². The van der Waals surface area contributed by atoms with Crippen molar-refractivity contribution < 1.29 is 31.9 Å². The predicted octanol–water partition coefficient (Wildman–Crippen LogP) is -1.77. The summed E-state index contributed by atoms with van der Waals surface area (Å²) in [5.74, 6) is -1.43. The van der Waals surface area contributed by atoms with Crippen LogP contribution in [0, 0.1) is 5.41 Å². The van der Waals surface area contributed by atoms with Gasteiger partial charge in [-0.3, -0.25) is 28.9 Å². The Balaban J connectivity index is 0.00000118. The van der Waals surface area contributed by atoms with Crippen LogP contribution in [0.4, 0.5) is 11.4 Å². The molecule has 0 aliphatic rings. The summed E-state index contributed by atoms with van der Waals surface area (Å²) in [4.78, 5) is 40.3. The number of carbonyl (C=O) groups excluding carboxylic acids is 3. The molecule has 0 aromatic carbocycles. The number of aromatic nitrogens is 2. The second-order valence-corrected chi connectivity index (χ2v) is 8.07. The van der Waals surface area contributed by atoms with Gasteiger partial charge in [-0.2, -0.15) is 8.42 Å². The molecule has 0 bridgehead atoms. The number of guanidine groups is 1. The van der Waals surface area contributed by atoms with E-state index in [0.29, 0.717) is 17.1 Å². The number of rotatable bonds is 9. The highest BCUT2D eigenvalue weighted by molar-refractivity contribution is 7.79. The van der Waals surface area contributed by atoms with Crippen LogP contribution >= 0.6 is 0 Å². The molecule has 0 aliphatic carbocycles. The number of amides is 3. The molecule has 0 radical (unpaired) electrons. The molecular formula is C18H28N10O7S. The van der Waals surface area contributed by atoms with Crippen LogP contribution < -0.4 is 33.2 Å². The molecule has 17 nitrogen and oxygen atoms in total. The first kappa shape index (κ1) is 29.6. The van der Waals surface area contributed by atoms with Gasteiger partial charge in [-0.25, -0.2) is 4.99 Å². The van der Waals surface area contributed by atoms with E-state index in [-0.39, 0.29) is 42.9 Å². The first-order valence-electron chi connectivity index (χ1n) is 9.87. The Hall–Kier alpha value is -4.42. The summed E-state index contributed by atoms with van der Waals surface area (Å²) in [7, 11) is -1.35. The summed E-state index contributed by atoms with van der Waals surface area (Å²) in [6, 6.07) is 3.03. The van der Waals surface area contributed by atoms with Crippen molar-refractivity contribution in [1.82, 2.24) is 14.5 Å². The lowest BCUT2D eigenvalue weighted by atomic mass is 10.3. The number of nitrogens with two attached hydrogens (primary N) is 3. The van der Waals surface area contributed by atoms with Gasteiger partial charge < -0.3 is 42.3 Å². The number of aryl methyl sites for hydroxylation is 2. The summed E-state index contributed by atoms with van der Waals surface area (Å²) in [6.07, 6.45) is 3.41. The van der Waals surface area contributed by atoms with E-state index in [0.717, 1.165) is 0 Å². The number of aliphatic imine (C=N–C) groups is 1. The first-order chi connectivity index (χ1) is 16.6. The van der Waals surface area contributed by atoms with Crippen LogP contribution in [-0.4, -0.2) is 69.3 Å². The maximum Gasteiger partial charge on any atom is 0.394 e. The lowest BCUT2D eigenvalue weighted by Gasteiger charge is -2.04. The Kier molecular flexibility index (Phi) is 10.6. The van der Waals surface area contributed by atoms with E-state index in [2.05, 4.69) is 20.9 Å². The van der Waals surface area contributed by atoms with Crippen molar-refractivity contribution in [2.45, 2.75) is 6.42 Å². The number of hydrogen-bond donors (Lipinski definition) is 9. The molecule has 0 saturated carbocycles. The minimum Gasteiger partial charge on any atom is -0.388 e. The fraction of sp³-hybridized carbons (Fsp3) is 0.278. The third-order valence-corrected chi connectivity index (χ3v) is 4.10. The summed E-state index contributed by atoms with van der Waals surface area (Å²) >= 11 is 0. The Morgan fingerprint density at radius 2 is 1.44 bits per heavy atom. The fourth-order valence-corrected chi connectivity index (χ4v) is 2.68. The van der Waals surface area contributed by atoms with E-state index in [1.165, 1.54) is 12.1 Å². The fourth-order valence-electron chi connectivity index (χ4n) is 2.68. The van der Waals surface area contributed by atoms with Crippen molar-refractivity contribution in [3.05, 3.63) is 35.9 Å². The normalized spacial score (nSPS) is 10.4. The van der Waals surface area contributed by atoms with Gasteiger partial charge in [0.2, 0.25) is 5.91 Å². The third kappa shape index (κ3) is 11.1. The van der Waals surface area contributed by atoms with Crippen molar-refractivity contribution in [2.24, 2.45) is 36.3 Å². The van der Waals surface area contributed by atoms with Gasteiger partial charge in [-0.1, -0.05) is 0 Å². The highest BCUT2D eigenvalue weighted by atomic mass is 32.3. The highest BCUT2D eigenvalue weighted by Crippen LogP contribution is 2.17. The second-order valence-electron chi connectivity index (χ2n) is 7.17. The molecule has 198 valence electrons. The number of amidine groups is 1. The molecule has 2 aromatic heterocycles. The minimum absolute atomic E-state index is 0.0190. The smallest absolute Gasteiger partial charge is 0.388 e. The van der Waals surface area contributed by atoms with E-state index in [1.54, 1.807) is 35.6 Å². The summed E-state index contributed by atoms with van der Waals surface area (Å²) < 4.78 is 34.7. The molecule has 0 atom stereocenters. The van der Waals surface area contributed by atoms with E-state index in [4.69, 9.17) is 40.1 Å². The molecule has 0 fully saturated rings. The zero-order valence-electron chi connectivity index (χ0n) is 19.3. The van der Waals surface area contributed by atoms with Crippen molar-refractivity contribution in [3.63, 3.8) is 0 Å². The number of nitrogens with one attached hydrogen (secondary N) is 4. The van der Waals surface area contributed by atoms with Crippen molar-refractivity contribution in [3.8, 4) is 0 Å². The molecule has 0 spiro atoms. The molecule has 2 heterocycles. The zero-order valence-corrected chi connectivity index (χ0v) is 20.2. The molecule has 0 saturated heterocycles. The average Bonchev–Trinajstić information content (AvgIpc) is 3.26.